The molecule has 7 heteroatoms. The lowest BCUT2D eigenvalue weighted by Crippen LogP contribution is -2.31. The summed E-state index contributed by atoms with van der Waals surface area (Å²) >= 11 is 6.49. The Morgan fingerprint density at radius 1 is 1.14 bits per heavy atom. The number of nitrogens with one attached hydrogen (secondary N) is 1. The van der Waals surface area contributed by atoms with Gasteiger partial charge in [0.2, 0.25) is 5.91 Å². The zero-order valence-electron chi connectivity index (χ0n) is 14.9. The fraction of sp³-hybridized carbons (Fsp3) is 0.0952. The highest BCUT2D eigenvalue weighted by Gasteiger charge is 2.31. The number of carbonyl (C=O) groups is 2. The average Bonchev–Trinajstić information content (AvgIpc) is 2.96. The summed E-state index contributed by atoms with van der Waals surface area (Å²) in [7, 11) is 0. The first-order valence-electron chi connectivity index (χ1n) is 8.59. The summed E-state index contributed by atoms with van der Waals surface area (Å²) in [6.45, 7) is 0.184. The molecule has 142 valence electrons. The Bertz CT molecular complexity index is 955. The molecule has 3 rings (SSSR count). The number of thioether (sulfide) groups is 1. The Kier molecular flexibility index (Phi) is 6.62. The van der Waals surface area contributed by atoms with Gasteiger partial charge in [-0.05, 0) is 23.8 Å². The van der Waals surface area contributed by atoms with E-state index in [4.69, 9.17) is 12.2 Å². The van der Waals surface area contributed by atoms with Crippen LogP contribution >= 0.6 is 24.0 Å². The number of thiocarbonyl (C=S) groups is 1. The number of aromatic hydroxyl groups is 1. The van der Waals surface area contributed by atoms with Gasteiger partial charge in [0, 0.05) is 13.0 Å². The van der Waals surface area contributed by atoms with Crippen molar-refractivity contribution in [1.82, 2.24) is 4.90 Å². The third-order valence-electron chi connectivity index (χ3n) is 3.95. The van der Waals surface area contributed by atoms with Gasteiger partial charge in [0.15, 0.2) is 0 Å². The molecule has 0 spiro atoms. The molecule has 5 nitrogen and oxygen atoms in total. The smallest absolute Gasteiger partial charge is 0.266 e. The number of amides is 2. The van der Waals surface area contributed by atoms with E-state index in [0.717, 1.165) is 5.56 Å². The zero-order chi connectivity index (χ0) is 19.9. The Labute approximate surface area is 172 Å². The molecule has 0 atom stereocenters. The third-order valence-corrected chi connectivity index (χ3v) is 5.35. The van der Waals surface area contributed by atoms with Crippen LogP contribution in [0.15, 0.2) is 71.7 Å². The molecular weight excluding hydrogens is 392 g/mol. The molecule has 2 N–H and O–H groups in total. The highest BCUT2D eigenvalue weighted by Crippen LogP contribution is 2.31. The lowest BCUT2D eigenvalue weighted by atomic mass is 10.2. The van der Waals surface area contributed by atoms with E-state index >= 15 is 0 Å². The van der Waals surface area contributed by atoms with Crippen molar-refractivity contribution >= 4 is 51.9 Å². The Morgan fingerprint density at radius 3 is 2.61 bits per heavy atom. The van der Waals surface area contributed by atoms with E-state index in [-0.39, 0.29) is 30.5 Å². The minimum absolute atomic E-state index is 0.00500. The van der Waals surface area contributed by atoms with Crippen molar-refractivity contribution in [3.63, 3.8) is 0 Å². The van der Waals surface area contributed by atoms with E-state index < -0.39 is 0 Å². The fourth-order valence-electron chi connectivity index (χ4n) is 2.52. The quantitative estimate of drug-likeness (QED) is 0.425. The number of phenolic OH excluding ortho intramolecular Hbond substituents is 1. The van der Waals surface area contributed by atoms with Crippen LogP contribution in [0, 0.1) is 0 Å². The number of hydrogen-bond acceptors (Lipinski definition) is 5. The van der Waals surface area contributed by atoms with Crippen molar-refractivity contribution in [1.29, 1.82) is 0 Å². The first kappa shape index (κ1) is 19.9. The fourth-order valence-corrected chi connectivity index (χ4v) is 3.78. The van der Waals surface area contributed by atoms with E-state index in [0.29, 0.717) is 14.9 Å². The molecule has 28 heavy (non-hydrogen) atoms. The SMILES string of the molecule is O=C(CCN1C(=O)C(=CC=Cc2ccccc2)SC1=S)Nc1ccccc1O. The topological polar surface area (TPSA) is 69.6 Å². The largest absolute Gasteiger partial charge is 0.506 e. The minimum atomic E-state index is -0.302. The Hall–Kier alpha value is -2.90. The number of carbonyl (C=O) groups excluding carboxylic acids is 2. The molecule has 0 radical (unpaired) electrons. The van der Waals surface area contributed by atoms with E-state index in [9.17, 15) is 14.7 Å². The summed E-state index contributed by atoms with van der Waals surface area (Å²) in [6.07, 6.45) is 5.53. The maximum absolute atomic E-state index is 12.5. The van der Waals surface area contributed by atoms with Gasteiger partial charge in [0.1, 0.15) is 10.1 Å². The predicted octanol–water partition coefficient (Wildman–Crippen LogP) is 4.18. The van der Waals surface area contributed by atoms with E-state index in [1.54, 1.807) is 24.3 Å². The van der Waals surface area contributed by atoms with Crippen LogP contribution in [0.4, 0.5) is 5.69 Å². The maximum Gasteiger partial charge on any atom is 0.266 e. The molecule has 1 aliphatic rings. The monoisotopic (exact) mass is 410 g/mol. The van der Waals surface area contributed by atoms with Crippen molar-refractivity contribution in [3.05, 3.63) is 77.2 Å². The van der Waals surface area contributed by atoms with Crippen LogP contribution in [0.2, 0.25) is 0 Å². The molecule has 0 saturated carbocycles. The van der Waals surface area contributed by atoms with Crippen molar-refractivity contribution in [3.8, 4) is 5.75 Å². The summed E-state index contributed by atoms with van der Waals surface area (Å²) in [6, 6.07) is 16.3. The second-order valence-electron chi connectivity index (χ2n) is 5.94. The normalized spacial score (nSPS) is 15.6. The second-order valence-corrected chi connectivity index (χ2v) is 7.62. The predicted molar refractivity (Wildman–Crippen MR) is 117 cm³/mol. The summed E-state index contributed by atoms with van der Waals surface area (Å²) in [5, 5.41) is 12.3. The summed E-state index contributed by atoms with van der Waals surface area (Å²) < 4.78 is 0.430. The molecule has 1 aliphatic heterocycles. The minimum Gasteiger partial charge on any atom is -0.506 e. The standard InChI is InChI=1S/C21H18N2O3S2/c24-17-11-5-4-10-16(17)22-19(25)13-14-23-20(26)18(28-21(23)27)12-6-9-15-7-2-1-3-8-15/h1-12,24H,13-14H2,(H,22,25). The summed E-state index contributed by atoms with van der Waals surface area (Å²) in [5.74, 6) is -0.513. The van der Waals surface area contributed by atoms with Gasteiger partial charge in [0.25, 0.3) is 5.91 Å². The molecule has 2 amide bonds. The van der Waals surface area contributed by atoms with Crippen LogP contribution in [0.5, 0.6) is 5.75 Å². The average molecular weight is 411 g/mol. The van der Waals surface area contributed by atoms with Crippen LogP contribution in [0.3, 0.4) is 0 Å². The molecule has 2 aromatic carbocycles. The van der Waals surface area contributed by atoms with E-state index in [1.807, 2.05) is 42.5 Å². The van der Waals surface area contributed by atoms with Crippen LogP contribution in [0.1, 0.15) is 12.0 Å². The summed E-state index contributed by atoms with van der Waals surface area (Å²) in [5.41, 5.74) is 1.37. The van der Waals surface area contributed by atoms with Gasteiger partial charge < -0.3 is 10.4 Å². The van der Waals surface area contributed by atoms with E-state index in [1.165, 1.54) is 22.7 Å². The Morgan fingerprint density at radius 2 is 1.86 bits per heavy atom. The van der Waals surface area contributed by atoms with Crippen molar-refractivity contribution < 1.29 is 14.7 Å². The van der Waals surface area contributed by atoms with Crippen molar-refractivity contribution in [2.24, 2.45) is 0 Å². The van der Waals surface area contributed by atoms with Gasteiger partial charge in [-0.2, -0.15) is 0 Å². The van der Waals surface area contributed by atoms with Crippen molar-refractivity contribution in [2.45, 2.75) is 6.42 Å². The van der Waals surface area contributed by atoms with Gasteiger partial charge in [-0.15, -0.1) is 0 Å². The number of rotatable bonds is 6. The molecule has 1 fully saturated rings. The maximum atomic E-state index is 12.5. The van der Waals surface area contributed by atoms with E-state index in [2.05, 4.69) is 5.32 Å². The van der Waals surface area contributed by atoms with Gasteiger partial charge >= 0.3 is 0 Å². The lowest BCUT2D eigenvalue weighted by molar-refractivity contribution is -0.122. The Balaban J connectivity index is 1.56. The first-order chi connectivity index (χ1) is 13.5. The number of nitrogens with zero attached hydrogens (tertiary/aromatic N) is 1. The summed E-state index contributed by atoms with van der Waals surface area (Å²) in [4.78, 5) is 26.6. The number of hydrogen-bond donors (Lipinski definition) is 2. The first-order valence-corrected chi connectivity index (χ1v) is 9.82. The van der Waals surface area contributed by atoms with Crippen LogP contribution < -0.4 is 5.32 Å². The van der Waals surface area contributed by atoms with Crippen molar-refractivity contribution in [2.75, 3.05) is 11.9 Å². The highest BCUT2D eigenvalue weighted by molar-refractivity contribution is 8.26. The number of allylic oxidation sites excluding steroid dienone is 2. The van der Waals surface area contributed by atoms with Gasteiger partial charge in [0.05, 0.1) is 10.6 Å². The zero-order valence-corrected chi connectivity index (χ0v) is 16.5. The van der Waals surface area contributed by atoms with Crippen LogP contribution in [-0.2, 0) is 9.59 Å². The molecule has 1 heterocycles. The second kappa shape index (κ2) is 9.34. The molecular formula is C21H18N2O3S2. The van der Waals surface area contributed by atoms with Crippen LogP contribution in [-0.4, -0.2) is 32.7 Å². The number of benzene rings is 2. The molecule has 0 bridgehead atoms. The van der Waals surface area contributed by atoms with Gasteiger partial charge in [-0.3, -0.25) is 14.5 Å². The van der Waals surface area contributed by atoms with Gasteiger partial charge in [-0.1, -0.05) is 78.6 Å². The lowest BCUT2D eigenvalue weighted by Gasteiger charge is -2.14. The molecule has 1 saturated heterocycles. The number of anilines is 1. The molecule has 0 aromatic heterocycles. The highest BCUT2D eigenvalue weighted by atomic mass is 32.2. The molecule has 2 aromatic rings. The van der Waals surface area contributed by atoms with Crippen LogP contribution in [0.25, 0.3) is 6.08 Å². The van der Waals surface area contributed by atoms with Gasteiger partial charge in [-0.25, -0.2) is 0 Å². The number of para-hydroxylation sites is 2. The molecule has 0 unspecified atom stereocenters. The third kappa shape index (κ3) is 5.09. The number of phenols is 1. The molecule has 0 aliphatic carbocycles.